The van der Waals surface area contributed by atoms with Gasteiger partial charge in [0.1, 0.15) is 0 Å². The zero-order valence-corrected chi connectivity index (χ0v) is 8.98. The van der Waals surface area contributed by atoms with Crippen LogP contribution in [0.25, 0.3) is 0 Å². The number of rotatable bonds is 3. The van der Waals surface area contributed by atoms with Crippen molar-refractivity contribution in [3.63, 3.8) is 0 Å². The van der Waals surface area contributed by atoms with E-state index in [0.29, 0.717) is 12.0 Å². The van der Waals surface area contributed by atoms with Crippen LogP contribution in [-0.2, 0) is 0 Å². The number of nitrogens with one attached hydrogen (secondary N) is 2. The van der Waals surface area contributed by atoms with E-state index in [1.807, 2.05) is 13.8 Å². The minimum absolute atomic E-state index is 0.0267. The van der Waals surface area contributed by atoms with E-state index >= 15 is 0 Å². The largest absolute Gasteiger partial charge is 0.335 e. The highest BCUT2D eigenvalue weighted by atomic mass is 16.2. The van der Waals surface area contributed by atoms with Gasteiger partial charge in [0.15, 0.2) is 0 Å². The number of amides is 2. The molecule has 0 spiro atoms. The summed E-state index contributed by atoms with van der Waals surface area (Å²) in [6.07, 6.45) is 2.27. The lowest BCUT2D eigenvalue weighted by atomic mass is 9.91. The van der Waals surface area contributed by atoms with Gasteiger partial charge in [0, 0.05) is 11.6 Å². The molecule has 1 rings (SSSR count). The van der Waals surface area contributed by atoms with Gasteiger partial charge >= 0.3 is 6.03 Å². The molecular weight excluding hydrogens is 164 g/mol. The molecule has 1 fully saturated rings. The lowest BCUT2D eigenvalue weighted by Gasteiger charge is -2.30. The topological polar surface area (TPSA) is 41.1 Å². The summed E-state index contributed by atoms with van der Waals surface area (Å²) in [7, 11) is 0. The smallest absolute Gasteiger partial charge is 0.315 e. The van der Waals surface area contributed by atoms with Crippen molar-refractivity contribution in [1.82, 2.24) is 10.6 Å². The second kappa shape index (κ2) is 3.56. The molecule has 3 heteroatoms. The van der Waals surface area contributed by atoms with Crippen molar-refractivity contribution in [2.75, 3.05) is 0 Å². The number of urea groups is 1. The van der Waals surface area contributed by atoms with Crippen molar-refractivity contribution in [2.24, 2.45) is 5.92 Å². The normalized spacial score (nSPS) is 17.3. The molecule has 76 valence electrons. The van der Waals surface area contributed by atoms with Gasteiger partial charge in [-0.2, -0.15) is 0 Å². The van der Waals surface area contributed by atoms with Gasteiger partial charge in [0.25, 0.3) is 0 Å². The monoisotopic (exact) mass is 184 g/mol. The molecule has 1 saturated carbocycles. The first-order valence-electron chi connectivity index (χ1n) is 5.00. The summed E-state index contributed by atoms with van der Waals surface area (Å²) in [5.41, 5.74) is -0.126. The van der Waals surface area contributed by atoms with Gasteiger partial charge in [-0.15, -0.1) is 0 Å². The molecule has 1 aliphatic rings. The van der Waals surface area contributed by atoms with Crippen LogP contribution in [0.2, 0.25) is 0 Å². The predicted octanol–water partition coefficient (Wildman–Crippen LogP) is 1.88. The third-order valence-electron chi connectivity index (χ3n) is 2.79. The Balaban J connectivity index is 2.32. The molecule has 3 nitrogen and oxygen atoms in total. The highest BCUT2D eigenvalue weighted by molar-refractivity contribution is 5.75. The first-order valence-corrected chi connectivity index (χ1v) is 5.00. The van der Waals surface area contributed by atoms with Crippen molar-refractivity contribution in [1.29, 1.82) is 0 Å². The molecule has 0 unspecified atom stereocenters. The second-order valence-electron chi connectivity index (χ2n) is 4.75. The molecule has 0 bridgehead atoms. The van der Waals surface area contributed by atoms with E-state index in [1.54, 1.807) is 0 Å². The van der Waals surface area contributed by atoms with Crippen molar-refractivity contribution in [2.45, 2.75) is 52.1 Å². The minimum atomic E-state index is -0.126. The Hall–Kier alpha value is -0.730. The lowest BCUT2D eigenvalue weighted by Crippen LogP contribution is -2.51. The average molecular weight is 184 g/mol. The summed E-state index contributed by atoms with van der Waals surface area (Å²) in [6.45, 7) is 8.31. The van der Waals surface area contributed by atoms with E-state index in [4.69, 9.17) is 0 Å². The Kier molecular flexibility index (Phi) is 2.84. The zero-order chi connectivity index (χ0) is 10.1. The molecule has 0 radical (unpaired) electrons. The molecular formula is C10H20N2O. The van der Waals surface area contributed by atoms with Crippen molar-refractivity contribution in [3.8, 4) is 0 Å². The Morgan fingerprint density at radius 3 is 2.31 bits per heavy atom. The fourth-order valence-electron chi connectivity index (χ4n) is 0.886. The van der Waals surface area contributed by atoms with Crippen LogP contribution in [0.4, 0.5) is 4.79 Å². The van der Waals surface area contributed by atoms with E-state index in [9.17, 15) is 4.79 Å². The SMILES string of the molecule is CC(C)C(C)(C)NC(=O)NC1CC1. The van der Waals surface area contributed by atoms with Gasteiger partial charge in [-0.1, -0.05) is 13.8 Å². The number of carbonyl (C=O) groups excluding carboxylic acids is 1. The van der Waals surface area contributed by atoms with Crippen molar-refractivity contribution < 1.29 is 4.79 Å². The predicted molar refractivity (Wildman–Crippen MR) is 53.6 cm³/mol. The Labute approximate surface area is 80.3 Å². The van der Waals surface area contributed by atoms with Gasteiger partial charge in [-0.05, 0) is 32.6 Å². The van der Waals surface area contributed by atoms with Crippen LogP contribution in [0.15, 0.2) is 0 Å². The zero-order valence-electron chi connectivity index (χ0n) is 8.98. The highest BCUT2D eigenvalue weighted by Gasteiger charge is 2.28. The number of hydrogen-bond acceptors (Lipinski definition) is 1. The first-order chi connectivity index (χ1) is 5.92. The summed E-state index contributed by atoms with van der Waals surface area (Å²) in [6, 6.07) is 0.407. The van der Waals surface area contributed by atoms with Gasteiger partial charge in [-0.25, -0.2) is 4.79 Å². The lowest BCUT2D eigenvalue weighted by molar-refractivity contribution is 0.217. The van der Waals surface area contributed by atoms with Gasteiger partial charge in [-0.3, -0.25) is 0 Å². The molecule has 0 heterocycles. The second-order valence-corrected chi connectivity index (χ2v) is 4.75. The van der Waals surface area contributed by atoms with Crippen LogP contribution in [0, 0.1) is 5.92 Å². The van der Waals surface area contributed by atoms with E-state index < -0.39 is 0 Å². The average Bonchev–Trinajstić information content (AvgIpc) is 2.69. The van der Waals surface area contributed by atoms with E-state index in [-0.39, 0.29) is 11.6 Å². The van der Waals surface area contributed by atoms with Crippen molar-refractivity contribution >= 4 is 6.03 Å². The maximum Gasteiger partial charge on any atom is 0.315 e. The fourth-order valence-corrected chi connectivity index (χ4v) is 0.886. The summed E-state index contributed by atoms with van der Waals surface area (Å²) in [5.74, 6) is 0.442. The molecule has 0 atom stereocenters. The Morgan fingerprint density at radius 2 is 1.92 bits per heavy atom. The summed E-state index contributed by atoms with van der Waals surface area (Å²) in [4.78, 5) is 11.4. The van der Waals surface area contributed by atoms with Crippen LogP contribution in [0.1, 0.15) is 40.5 Å². The number of hydrogen-bond donors (Lipinski definition) is 2. The van der Waals surface area contributed by atoms with Crippen LogP contribution < -0.4 is 10.6 Å². The van der Waals surface area contributed by atoms with Crippen LogP contribution in [0.3, 0.4) is 0 Å². The quantitative estimate of drug-likeness (QED) is 0.691. The van der Waals surface area contributed by atoms with Crippen LogP contribution in [-0.4, -0.2) is 17.6 Å². The molecule has 2 amide bonds. The standard InChI is InChI=1S/C10H20N2O/c1-7(2)10(3,4)12-9(13)11-8-5-6-8/h7-8H,5-6H2,1-4H3,(H2,11,12,13). The molecule has 13 heavy (non-hydrogen) atoms. The van der Waals surface area contributed by atoms with Gasteiger partial charge < -0.3 is 10.6 Å². The third kappa shape index (κ3) is 3.25. The molecule has 1 aliphatic carbocycles. The van der Waals surface area contributed by atoms with Crippen LogP contribution >= 0.6 is 0 Å². The molecule has 2 N–H and O–H groups in total. The van der Waals surface area contributed by atoms with Crippen LogP contribution in [0.5, 0.6) is 0 Å². The van der Waals surface area contributed by atoms with E-state index in [2.05, 4.69) is 24.5 Å². The highest BCUT2D eigenvalue weighted by Crippen LogP contribution is 2.19. The molecule has 0 aromatic rings. The summed E-state index contributed by atoms with van der Waals surface area (Å²) in [5, 5.41) is 5.89. The summed E-state index contributed by atoms with van der Waals surface area (Å²) < 4.78 is 0. The maximum atomic E-state index is 11.4. The minimum Gasteiger partial charge on any atom is -0.335 e. The first kappa shape index (κ1) is 10.4. The van der Waals surface area contributed by atoms with E-state index in [0.717, 1.165) is 12.8 Å². The summed E-state index contributed by atoms with van der Waals surface area (Å²) >= 11 is 0. The Morgan fingerprint density at radius 1 is 1.38 bits per heavy atom. The molecule has 0 aromatic carbocycles. The molecule has 0 aromatic heterocycles. The molecule has 0 saturated heterocycles. The fraction of sp³-hybridized carbons (Fsp3) is 0.900. The Bertz CT molecular complexity index is 195. The van der Waals surface area contributed by atoms with E-state index in [1.165, 1.54) is 0 Å². The molecule has 0 aliphatic heterocycles. The number of carbonyl (C=O) groups is 1. The maximum absolute atomic E-state index is 11.4. The van der Waals surface area contributed by atoms with Gasteiger partial charge in [0.05, 0.1) is 0 Å². The van der Waals surface area contributed by atoms with Crippen molar-refractivity contribution in [3.05, 3.63) is 0 Å². The van der Waals surface area contributed by atoms with Gasteiger partial charge in [0.2, 0.25) is 0 Å². The third-order valence-corrected chi connectivity index (χ3v) is 2.79.